The summed E-state index contributed by atoms with van der Waals surface area (Å²) >= 11 is 1.44. The van der Waals surface area contributed by atoms with Gasteiger partial charge in [-0.3, -0.25) is 9.59 Å². The van der Waals surface area contributed by atoms with Gasteiger partial charge in [-0.15, -0.1) is 11.3 Å². The van der Waals surface area contributed by atoms with Gasteiger partial charge >= 0.3 is 0 Å². The van der Waals surface area contributed by atoms with Gasteiger partial charge in [-0.1, -0.05) is 6.92 Å². The highest BCUT2D eigenvalue weighted by Crippen LogP contribution is 2.39. The van der Waals surface area contributed by atoms with Crippen molar-refractivity contribution >= 4 is 28.2 Å². The van der Waals surface area contributed by atoms with E-state index in [2.05, 4.69) is 12.2 Å². The molecule has 0 aliphatic heterocycles. The van der Waals surface area contributed by atoms with Gasteiger partial charge in [0, 0.05) is 16.5 Å². The van der Waals surface area contributed by atoms with Crippen LogP contribution in [0.25, 0.3) is 0 Å². The molecule has 1 aromatic heterocycles. The highest BCUT2D eigenvalue weighted by atomic mass is 32.1. The average Bonchev–Trinajstić information content (AvgIpc) is 2.98. The molecule has 3 rings (SSSR count). The average molecular weight is 374 g/mol. The molecule has 2 aromatic rings. The molecule has 1 unspecified atom stereocenters. The first-order valence-corrected chi connectivity index (χ1v) is 9.23. The number of amides is 2. The van der Waals surface area contributed by atoms with Crippen molar-refractivity contribution in [2.45, 2.75) is 26.2 Å². The number of nitrogens with two attached hydrogens (primary N) is 1. The Kier molecular flexibility index (Phi) is 5.18. The van der Waals surface area contributed by atoms with Gasteiger partial charge in [-0.2, -0.15) is 0 Å². The zero-order valence-corrected chi connectivity index (χ0v) is 15.9. The lowest BCUT2D eigenvalue weighted by molar-refractivity contribution is 0.1000. The lowest BCUT2D eigenvalue weighted by atomic mass is 9.87. The quantitative estimate of drug-likeness (QED) is 0.840. The van der Waals surface area contributed by atoms with Gasteiger partial charge < -0.3 is 20.5 Å². The molecule has 0 fully saturated rings. The van der Waals surface area contributed by atoms with Crippen molar-refractivity contribution in [1.82, 2.24) is 0 Å². The molecule has 0 spiro atoms. The Morgan fingerprint density at radius 2 is 1.85 bits per heavy atom. The number of rotatable bonds is 5. The van der Waals surface area contributed by atoms with Crippen molar-refractivity contribution in [3.8, 4) is 11.5 Å². The molecule has 0 saturated carbocycles. The summed E-state index contributed by atoms with van der Waals surface area (Å²) in [5.74, 6) is 0.695. The van der Waals surface area contributed by atoms with E-state index in [0.717, 1.165) is 29.7 Å². The maximum Gasteiger partial charge on any atom is 0.256 e. The van der Waals surface area contributed by atoms with Crippen LogP contribution in [-0.2, 0) is 12.8 Å². The number of fused-ring (bicyclic) bond motifs is 1. The molecule has 1 aromatic carbocycles. The summed E-state index contributed by atoms with van der Waals surface area (Å²) in [7, 11) is 3.05. The van der Waals surface area contributed by atoms with E-state index < -0.39 is 5.91 Å². The van der Waals surface area contributed by atoms with E-state index in [1.165, 1.54) is 25.6 Å². The predicted molar refractivity (Wildman–Crippen MR) is 102 cm³/mol. The number of methoxy groups -OCH3 is 2. The largest absolute Gasteiger partial charge is 0.497 e. The van der Waals surface area contributed by atoms with Crippen molar-refractivity contribution in [1.29, 1.82) is 0 Å². The van der Waals surface area contributed by atoms with Crippen LogP contribution in [0.5, 0.6) is 11.5 Å². The monoisotopic (exact) mass is 374 g/mol. The third-order valence-corrected chi connectivity index (χ3v) is 5.80. The molecule has 2 amide bonds. The van der Waals surface area contributed by atoms with Crippen LogP contribution in [0.4, 0.5) is 5.00 Å². The van der Waals surface area contributed by atoms with Crippen LogP contribution in [0.15, 0.2) is 18.2 Å². The summed E-state index contributed by atoms with van der Waals surface area (Å²) in [5.41, 5.74) is 7.43. The fourth-order valence-corrected chi connectivity index (χ4v) is 4.47. The van der Waals surface area contributed by atoms with Crippen LogP contribution in [0.3, 0.4) is 0 Å². The van der Waals surface area contributed by atoms with Gasteiger partial charge in [-0.05, 0) is 42.9 Å². The third kappa shape index (κ3) is 3.53. The Bertz CT molecular complexity index is 837. The maximum absolute atomic E-state index is 12.7. The van der Waals surface area contributed by atoms with E-state index in [1.807, 2.05) is 0 Å². The lowest BCUT2D eigenvalue weighted by Gasteiger charge is -2.18. The summed E-state index contributed by atoms with van der Waals surface area (Å²) in [4.78, 5) is 25.9. The number of carbonyl (C=O) groups excluding carboxylic acids is 2. The maximum atomic E-state index is 12.7. The smallest absolute Gasteiger partial charge is 0.256 e. The lowest BCUT2D eigenvalue weighted by Crippen LogP contribution is -2.20. The molecule has 1 atom stereocenters. The van der Waals surface area contributed by atoms with E-state index in [-0.39, 0.29) is 5.91 Å². The van der Waals surface area contributed by atoms with Crippen molar-refractivity contribution in [3.63, 3.8) is 0 Å². The number of carbonyl (C=O) groups is 2. The van der Waals surface area contributed by atoms with Gasteiger partial charge in [0.2, 0.25) is 0 Å². The summed E-state index contributed by atoms with van der Waals surface area (Å²) in [6.07, 6.45) is 2.80. The molecule has 3 N–H and O–H groups in total. The zero-order valence-electron chi connectivity index (χ0n) is 15.0. The van der Waals surface area contributed by atoms with Crippen molar-refractivity contribution in [2.75, 3.05) is 19.5 Å². The molecular formula is C19H22N2O4S. The van der Waals surface area contributed by atoms with Gasteiger partial charge in [0.1, 0.15) is 16.5 Å². The second-order valence-electron chi connectivity index (χ2n) is 6.48. The summed E-state index contributed by atoms with van der Waals surface area (Å²) < 4.78 is 10.4. The van der Waals surface area contributed by atoms with Crippen LogP contribution in [0.1, 0.15) is 44.5 Å². The van der Waals surface area contributed by atoms with Crippen molar-refractivity contribution in [3.05, 3.63) is 39.8 Å². The number of hydrogen-bond acceptors (Lipinski definition) is 5. The Balaban J connectivity index is 1.94. The summed E-state index contributed by atoms with van der Waals surface area (Å²) in [5, 5.41) is 3.37. The van der Waals surface area contributed by atoms with Gasteiger partial charge in [0.05, 0.1) is 19.8 Å². The predicted octanol–water partition coefficient (Wildman–Crippen LogP) is 3.24. The zero-order chi connectivity index (χ0) is 18.8. The summed E-state index contributed by atoms with van der Waals surface area (Å²) in [6.45, 7) is 2.16. The minimum atomic E-state index is -0.505. The van der Waals surface area contributed by atoms with Crippen LogP contribution in [0, 0.1) is 5.92 Å². The third-order valence-electron chi connectivity index (χ3n) is 4.59. The van der Waals surface area contributed by atoms with E-state index in [4.69, 9.17) is 15.2 Å². The molecule has 1 aliphatic rings. The van der Waals surface area contributed by atoms with Crippen LogP contribution < -0.4 is 20.5 Å². The highest BCUT2D eigenvalue weighted by Gasteiger charge is 2.27. The molecule has 1 aliphatic carbocycles. The van der Waals surface area contributed by atoms with Crippen molar-refractivity contribution < 1.29 is 19.1 Å². The second kappa shape index (κ2) is 7.37. The van der Waals surface area contributed by atoms with Gasteiger partial charge in [0.15, 0.2) is 0 Å². The normalized spacial score (nSPS) is 15.9. The first-order valence-electron chi connectivity index (χ1n) is 8.41. The molecule has 138 valence electrons. The molecule has 0 saturated heterocycles. The SMILES string of the molecule is COc1cc(OC)cc(C(=O)Nc2sc3c(c2C(N)=O)CC(C)CC3)c1. The van der Waals surface area contributed by atoms with Gasteiger partial charge in [-0.25, -0.2) is 0 Å². The van der Waals surface area contributed by atoms with Gasteiger partial charge in [0.25, 0.3) is 11.8 Å². The number of hydrogen-bond donors (Lipinski definition) is 2. The Hall–Kier alpha value is -2.54. The molecular weight excluding hydrogens is 352 g/mol. The second-order valence-corrected chi connectivity index (χ2v) is 7.58. The molecule has 7 heteroatoms. The summed E-state index contributed by atoms with van der Waals surface area (Å²) in [6, 6.07) is 4.94. The number of aryl methyl sites for hydroxylation is 1. The molecule has 6 nitrogen and oxygen atoms in total. The molecule has 1 heterocycles. The van der Waals surface area contributed by atoms with Crippen LogP contribution in [0.2, 0.25) is 0 Å². The number of anilines is 1. The van der Waals surface area contributed by atoms with Crippen LogP contribution in [-0.4, -0.2) is 26.0 Å². The Morgan fingerprint density at radius 3 is 2.42 bits per heavy atom. The van der Waals surface area contributed by atoms with Crippen molar-refractivity contribution in [2.24, 2.45) is 11.7 Å². The fourth-order valence-electron chi connectivity index (χ4n) is 3.22. The van der Waals surface area contributed by atoms with E-state index in [0.29, 0.717) is 33.5 Å². The molecule has 0 radical (unpaired) electrons. The Morgan fingerprint density at radius 1 is 1.19 bits per heavy atom. The number of primary amides is 1. The number of thiophene rings is 1. The minimum absolute atomic E-state index is 0.337. The molecule has 0 bridgehead atoms. The van der Waals surface area contributed by atoms with E-state index in [9.17, 15) is 9.59 Å². The first kappa shape index (κ1) is 18.3. The first-order chi connectivity index (χ1) is 12.4. The number of ether oxygens (including phenoxy) is 2. The van der Waals surface area contributed by atoms with Crippen LogP contribution >= 0.6 is 11.3 Å². The fraction of sp³-hybridized carbons (Fsp3) is 0.368. The highest BCUT2D eigenvalue weighted by molar-refractivity contribution is 7.17. The minimum Gasteiger partial charge on any atom is -0.497 e. The standard InChI is InChI=1S/C19H22N2O4S/c1-10-4-5-15-14(6-10)16(17(20)22)19(26-15)21-18(23)11-7-12(24-2)9-13(8-11)25-3/h7-10H,4-6H2,1-3H3,(H2,20,22)(H,21,23). The number of nitrogens with one attached hydrogen (secondary N) is 1. The number of benzene rings is 1. The van der Waals surface area contributed by atoms with E-state index in [1.54, 1.807) is 18.2 Å². The Labute approximate surface area is 156 Å². The topological polar surface area (TPSA) is 90.7 Å². The molecule has 26 heavy (non-hydrogen) atoms. The van der Waals surface area contributed by atoms with E-state index >= 15 is 0 Å².